The quantitative estimate of drug-likeness (QED) is 0.183. The van der Waals surface area contributed by atoms with Crippen molar-refractivity contribution in [1.82, 2.24) is 14.8 Å². The van der Waals surface area contributed by atoms with Crippen molar-refractivity contribution in [1.29, 1.82) is 0 Å². The van der Waals surface area contributed by atoms with Gasteiger partial charge in [-0.25, -0.2) is 9.67 Å². The third-order valence-corrected chi connectivity index (χ3v) is 9.94. The van der Waals surface area contributed by atoms with E-state index in [4.69, 9.17) is 30.3 Å². The van der Waals surface area contributed by atoms with E-state index in [0.29, 0.717) is 0 Å². The molecule has 4 aromatic rings. The lowest BCUT2D eigenvalue weighted by Crippen LogP contribution is -2.20. The first-order valence-electron chi connectivity index (χ1n) is 17.8. The number of aliphatic imine (C=N–C) groups is 1. The Morgan fingerprint density at radius 2 is 1.60 bits per heavy atom. The number of pyridine rings is 1. The molecule has 48 heavy (non-hydrogen) atoms. The van der Waals surface area contributed by atoms with Gasteiger partial charge in [-0.05, 0) is 137 Å². The summed E-state index contributed by atoms with van der Waals surface area (Å²) < 4.78 is 14.3. The Bertz CT molecular complexity index is 1820. The van der Waals surface area contributed by atoms with Crippen molar-refractivity contribution in [2.24, 2.45) is 10.7 Å². The molecule has 6 rings (SSSR count). The predicted octanol–water partition coefficient (Wildman–Crippen LogP) is 9.42. The van der Waals surface area contributed by atoms with E-state index in [0.717, 1.165) is 121 Å². The predicted molar refractivity (Wildman–Crippen MR) is 196 cm³/mol. The van der Waals surface area contributed by atoms with Gasteiger partial charge in [-0.15, -0.1) is 0 Å². The number of rotatable bonds is 9. The van der Waals surface area contributed by atoms with Crippen LogP contribution in [0.1, 0.15) is 99.9 Å². The average Bonchev–Trinajstić information content (AvgIpc) is 3.46. The van der Waals surface area contributed by atoms with Crippen LogP contribution in [-0.4, -0.2) is 39.9 Å². The highest BCUT2D eigenvalue weighted by atomic mass is 16.5. The van der Waals surface area contributed by atoms with Crippen molar-refractivity contribution in [3.05, 3.63) is 93.8 Å². The third kappa shape index (κ3) is 7.03. The molecule has 2 saturated heterocycles. The maximum atomic E-state index is 6.50. The first-order valence-corrected chi connectivity index (χ1v) is 17.8. The number of hydrogen-bond acceptors (Lipinski definition) is 6. The molecule has 0 spiro atoms. The Labute approximate surface area is 286 Å². The fourth-order valence-electron chi connectivity index (χ4n) is 7.10. The van der Waals surface area contributed by atoms with Crippen LogP contribution >= 0.6 is 0 Å². The van der Waals surface area contributed by atoms with Gasteiger partial charge >= 0.3 is 0 Å². The number of nitrogens with zero attached hydrogens (tertiary/aromatic N) is 4. The van der Waals surface area contributed by atoms with E-state index in [2.05, 4.69) is 101 Å². The van der Waals surface area contributed by atoms with Gasteiger partial charge in [0, 0.05) is 30.0 Å². The summed E-state index contributed by atoms with van der Waals surface area (Å²) in [6, 6.07) is 19.6. The van der Waals surface area contributed by atoms with Crippen LogP contribution in [0.2, 0.25) is 0 Å². The van der Waals surface area contributed by atoms with Crippen molar-refractivity contribution in [3.8, 4) is 33.8 Å². The van der Waals surface area contributed by atoms with E-state index in [1.54, 1.807) is 0 Å². The number of allylic oxidation sites excluding steroid dienone is 2. The zero-order valence-electron chi connectivity index (χ0n) is 29.6. The summed E-state index contributed by atoms with van der Waals surface area (Å²) in [6.07, 6.45) is 7.83. The minimum Gasteiger partial charge on any atom is -0.402 e. The van der Waals surface area contributed by atoms with Gasteiger partial charge < -0.3 is 15.2 Å². The first-order chi connectivity index (χ1) is 23.3. The topological polar surface area (TPSA) is 87.6 Å². The van der Waals surface area contributed by atoms with E-state index < -0.39 is 0 Å². The summed E-state index contributed by atoms with van der Waals surface area (Å²) in [4.78, 5) is 10.4. The minimum atomic E-state index is -0.138. The number of benzene rings is 2. The SMILES string of the molecule is CCC(N)=C(C)C(=NC1CCCCO1)c1cccc(-c2cc(-c3cccc(-c4c(C)c(CC)nn4C4CCCCO4)n3)c(C)cc2C)c1. The van der Waals surface area contributed by atoms with Crippen molar-refractivity contribution in [2.45, 2.75) is 105 Å². The zero-order chi connectivity index (χ0) is 33.8. The molecule has 0 aliphatic carbocycles. The van der Waals surface area contributed by atoms with E-state index >= 15 is 0 Å². The minimum absolute atomic E-state index is 0.0533. The van der Waals surface area contributed by atoms with Crippen LogP contribution < -0.4 is 5.73 Å². The Morgan fingerprint density at radius 1 is 0.875 bits per heavy atom. The molecule has 7 heteroatoms. The zero-order valence-corrected chi connectivity index (χ0v) is 29.6. The van der Waals surface area contributed by atoms with Crippen LogP contribution in [0.25, 0.3) is 33.8 Å². The summed E-state index contributed by atoms with van der Waals surface area (Å²) in [5, 5.41) is 5.02. The molecule has 252 valence electrons. The van der Waals surface area contributed by atoms with Crippen LogP contribution in [-0.2, 0) is 15.9 Å². The Morgan fingerprint density at radius 3 is 2.31 bits per heavy atom. The van der Waals surface area contributed by atoms with Crippen molar-refractivity contribution >= 4 is 5.71 Å². The average molecular weight is 646 g/mol. The summed E-state index contributed by atoms with van der Waals surface area (Å²) in [5.41, 5.74) is 21.4. The molecule has 0 amide bonds. The second kappa shape index (κ2) is 15.0. The van der Waals surface area contributed by atoms with Crippen molar-refractivity contribution in [2.75, 3.05) is 13.2 Å². The summed E-state index contributed by atoms with van der Waals surface area (Å²) in [5.74, 6) is 0. The number of ether oxygens (including phenoxy) is 2. The normalized spacial score (nSPS) is 19.3. The molecular formula is C41H51N5O2. The molecule has 0 radical (unpaired) electrons. The standard InChI is InChI=1S/C41H51N5O2/c1-7-34(42)28(5)40(44-38-19-9-11-21-47-38)31-16-13-15-30(24-31)32-25-33(27(4)23-26(32)3)36-17-14-18-37(43-36)41-29(6)35(8-2)45-46(41)39-20-10-12-22-48-39/h13-18,23-25,38-39H,7-12,19-22,42H2,1-6H3. The number of nitrogens with two attached hydrogens (primary N) is 1. The summed E-state index contributed by atoms with van der Waals surface area (Å²) in [6.45, 7) is 14.4. The van der Waals surface area contributed by atoms with Crippen molar-refractivity contribution < 1.29 is 9.47 Å². The molecule has 2 aromatic carbocycles. The van der Waals surface area contributed by atoms with Gasteiger partial charge in [0.15, 0.2) is 6.23 Å². The molecule has 2 unspecified atom stereocenters. The smallest absolute Gasteiger partial charge is 0.150 e. The third-order valence-electron chi connectivity index (χ3n) is 9.94. The molecule has 2 atom stereocenters. The molecule has 2 aliphatic rings. The molecule has 2 N–H and O–H groups in total. The van der Waals surface area contributed by atoms with Crippen molar-refractivity contribution in [3.63, 3.8) is 0 Å². The lowest BCUT2D eigenvalue weighted by Gasteiger charge is -2.24. The fourth-order valence-corrected chi connectivity index (χ4v) is 7.10. The maximum Gasteiger partial charge on any atom is 0.150 e. The van der Waals surface area contributed by atoms with E-state index in [1.165, 1.54) is 22.3 Å². The second-order valence-electron chi connectivity index (χ2n) is 13.3. The number of hydrogen-bond donors (Lipinski definition) is 1. The van der Waals surface area contributed by atoms with E-state index in [1.807, 2.05) is 0 Å². The maximum absolute atomic E-state index is 6.50. The summed E-state index contributed by atoms with van der Waals surface area (Å²) >= 11 is 0. The number of aryl methyl sites for hydroxylation is 3. The molecule has 0 saturated carbocycles. The fraction of sp³-hybridized carbons (Fsp3) is 0.439. The highest BCUT2D eigenvalue weighted by Crippen LogP contribution is 2.36. The van der Waals surface area contributed by atoms with Crippen LogP contribution in [0.5, 0.6) is 0 Å². The second-order valence-corrected chi connectivity index (χ2v) is 13.3. The van der Waals surface area contributed by atoms with Crippen LogP contribution in [0.15, 0.2) is 70.9 Å². The highest BCUT2D eigenvalue weighted by Gasteiger charge is 2.25. The van der Waals surface area contributed by atoms with Crippen LogP contribution in [0.3, 0.4) is 0 Å². The number of aromatic nitrogens is 3. The largest absolute Gasteiger partial charge is 0.402 e. The Hall–Kier alpha value is -4.07. The molecule has 2 fully saturated rings. The molecule has 2 aliphatic heterocycles. The molecule has 7 nitrogen and oxygen atoms in total. The Balaban J connectivity index is 1.41. The highest BCUT2D eigenvalue weighted by molar-refractivity contribution is 6.13. The molecule has 4 heterocycles. The lowest BCUT2D eigenvalue weighted by molar-refractivity contribution is -0.0386. The van der Waals surface area contributed by atoms with Gasteiger partial charge in [0.25, 0.3) is 0 Å². The van der Waals surface area contributed by atoms with Gasteiger partial charge in [-0.2, -0.15) is 5.10 Å². The van der Waals surface area contributed by atoms with Gasteiger partial charge in [-0.1, -0.05) is 44.2 Å². The van der Waals surface area contributed by atoms with Gasteiger partial charge in [0.2, 0.25) is 0 Å². The Kier molecular flexibility index (Phi) is 10.6. The van der Waals surface area contributed by atoms with Crippen LogP contribution in [0, 0.1) is 20.8 Å². The first kappa shape index (κ1) is 33.8. The molecular weight excluding hydrogens is 594 g/mol. The van der Waals surface area contributed by atoms with Gasteiger partial charge in [0.05, 0.1) is 28.5 Å². The van der Waals surface area contributed by atoms with Gasteiger partial charge in [-0.3, -0.25) is 4.99 Å². The van der Waals surface area contributed by atoms with Gasteiger partial charge in [0.1, 0.15) is 6.23 Å². The molecule has 2 aromatic heterocycles. The van der Waals surface area contributed by atoms with E-state index in [-0.39, 0.29) is 12.5 Å². The summed E-state index contributed by atoms with van der Waals surface area (Å²) in [7, 11) is 0. The van der Waals surface area contributed by atoms with Crippen LogP contribution in [0.4, 0.5) is 0 Å². The molecule has 0 bridgehead atoms. The monoisotopic (exact) mass is 645 g/mol. The lowest BCUT2D eigenvalue weighted by atomic mass is 9.91. The van der Waals surface area contributed by atoms with E-state index in [9.17, 15) is 0 Å².